The number of aromatic nitrogens is 1. The fourth-order valence-electron chi connectivity index (χ4n) is 3.95. The van der Waals surface area contributed by atoms with Gasteiger partial charge in [0.15, 0.2) is 0 Å². The van der Waals surface area contributed by atoms with Crippen LogP contribution < -0.4 is 5.32 Å². The lowest BCUT2D eigenvalue weighted by molar-refractivity contribution is 0.579. The molecule has 0 bridgehead atoms. The highest BCUT2D eigenvalue weighted by Crippen LogP contribution is 2.37. The summed E-state index contributed by atoms with van der Waals surface area (Å²) in [5.74, 6) is 0.725. The lowest BCUT2D eigenvalue weighted by Crippen LogP contribution is -2.15. The normalized spacial score (nSPS) is 22.8. The topological polar surface area (TPSA) is 17.0 Å². The van der Waals surface area contributed by atoms with Crippen molar-refractivity contribution in [2.75, 3.05) is 13.1 Å². The van der Waals surface area contributed by atoms with Gasteiger partial charge in [-0.15, -0.1) is 0 Å². The molecule has 1 atom stereocenters. The molecule has 1 fully saturated rings. The first-order valence-corrected chi connectivity index (χ1v) is 7.17. The van der Waals surface area contributed by atoms with Crippen LogP contribution in [0.3, 0.4) is 0 Å². The molecule has 0 radical (unpaired) electrons. The van der Waals surface area contributed by atoms with Gasteiger partial charge in [-0.25, -0.2) is 0 Å². The molecule has 1 N–H and O–H groups in total. The molecule has 2 heteroatoms. The number of rotatable bonds is 1. The van der Waals surface area contributed by atoms with E-state index in [-0.39, 0.29) is 0 Å². The summed E-state index contributed by atoms with van der Waals surface area (Å²) in [5.41, 5.74) is 6.23. The lowest BCUT2D eigenvalue weighted by Gasteiger charge is -2.20. The minimum atomic E-state index is 0.725. The second kappa shape index (κ2) is 3.86. The largest absolute Gasteiger partial charge is 0.344 e. The lowest BCUT2D eigenvalue weighted by atomic mass is 10.00. The standard InChI is InChI=1S/C16H20N2/c1-11-14-6-2-4-12-5-3-9-18(16(12)14)15(11)13-7-8-17-10-13/h2,4,6,13,17H,3,5,7-10H2,1H3. The van der Waals surface area contributed by atoms with Gasteiger partial charge in [-0.1, -0.05) is 18.2 Å². The van der Waals surface area contributed by atoms with E-state index in [4.69, 9.17) is 0 Å². The minimum absolute atomic E-state index is 0.725. The van der Waals surface area contributed by atoms with Gasteiger partial charge >= 0.3 is 0 Å². The van der Waals surface area contributed by atoms with Gasteiger partial charge in [0.2, 0.25) is 0 Å². The number of hydrogen-bond donors (Lipinski definition) is 1. The molecule has 2 aliphatic heterocycles. The van der Waals surface area contributed by atoms with Gasteiger partial charge in [0.05, 0.1) is 5.52 Å². The van der Waals surface area contributed by atoms with Gasteiger partial charge < -0.3 is 9.88 Å². The molecule has 2 nitrogen and oxygen atoms in total. The molecule has 1 unspecified atom stereocenters. The average Bonchev–Trinajstić information content (AvgIpc) is 3.00. The zero-order valence-corrected chi connectivity index (χ0v) is 11.0. The minimum Gasteiger partial charge on any atom is -0.344 e. The summed E-state index contributed by atoms with van der Waals surface area (Å²) >= 11 is 0. The number of para-hydroxylation sites is 1. The van der Waals surface area contributed by atoms with Crippen molar-refractivity contribution in [1.29, 1.82) is 0 Å². The Balaban J connectivity index is 2.02. The number of benzene rings is 1. The molecule has 2 aromatic rings. The Labute approximate surface area is 108 Å². The SMILES string of the molecule is Cc1c(C2CCNC2)n2c3c(cccc13)CCC2. The highest BCUT2D eigenvalue weighted by molar-refractivity contribution is 5.88. The third-order valence-corrected chi connectivity index (χ3v) is 4.74. The van der Waals surface area contributed by atoms with Crippen molar-refractivity contribution in [2.45, 2.75) is 38.6 Å². The fraction of sp³-hybridized carbons (Fsp3) is 0.500. The Hall–Kier alpha value is -1.28. The van der Waals surface area contributed by atoms with Crippen LogP contribution in [0.4, 0.5) is 0 Å². The maximum atomic E-state index is 3.51. The summed E-state index contributed by atoms with van der Waals surface area (Å²) < 4.78 is 2.63. The van der Waals surface area contributed by atoms with Crippen LogP contribution in [0.15, 0.2) is 18.2 Å². The van der Waals surface area contributed by atoms with E-state index in [1.165, 1.54) is 48.8 Å². The van der Waals surface area contributed by atoms with E-state index < -0.39 is 0 Å². The Kier molecular flexibility index (Phi) is 2.28. The predicted molar refractivity (Wildman–Crippen MR) is 75.2 cm³/mol. The van der Waals surface area contributed by atoms with Crippen LogP contribution in [0.25, 0.3) is 10.9 Å². The van der Waals surface area contributed by atoms with Crippen molar-refractivity contribution in [2.24, 2.45) is 0 Å². The monoisotopic (exact) mass is 240 g/mol. The molecule has 1 saturated heterocycles. The maximum absolute atomic E-state index is 3.51. The van der Waals surface area contributed by atoms with E-state index in [1.807, 2.05) is 0 Å². The second-order valence-corrected chi connectivity index (χ2v) is 5.77. The van der Waals surface area contributed by atoms with Crippen LogP contribution in [-0.4, -0.2) is 17.7 Å². The van der Waals surface area contributed by atoms with E-state index in [1.54, 1.807) is 11.3 Å². The summed E-state index contributed by atoms with van der Waals surface area (Å²) in [5, 5.41) is 5.01. The Bertz CT molecular complexity index is 603. The van der Waals surface area contributed by atoms with E-state index in [0.29, 0.717) is 0 Å². The van der Waals surface area contributed by atoms with Crippen molar-refractivity contribution < 1.29 is 0 Å². The molecule has 94 valence electrons. The third-order valence-electron chi connectivity index (χ3n) is 4.74. The Morgan fingerprint density at radius 2 is 2.28 bits per heavy atom. The fourth-order valence-corrected chi connectivity index (χ4v) is 3.95. The third kappa shape index (κ3) is 1.33. The van der Waals surface area contributed by atoms with E-state index >= 15 is 0 Å². The van der Waals surface area contributed by atoms with Crippen LogP contribution >= 0.6 is 0 Å². The molecule has 2 aliphatic rings. The van der Waals surface area contributed by atoms with Gasteiger partial charge in [0.1, 0.15) is 0 Å². The Morgan fingerprint density at radius 3 is 3.11 bits per heavy atom. The first-order valence-electron chi connectivity index (χ1n) is 7.17. The van der Waals surface area contributed by atoms with E-state index in [9.17, 15) is 0 Å². The molecule has 0 spiro atoms. The molecule has 1 aromatic heterocycles. The summed E-state index contributed by atoms with van der Waals surface area (Å²) in [6, 6.07) is 6.85. The van der Waals surface area contributed by atoms with Crippen LogP contribution in [0, 0.1) is 6.92 Å². The molecule has 0 aliphatic carbocycles. The van der Waals surface area contributed by atoms with Gasteiger partial charge in [0, 0.05) is 30.1 Å². The van der Waals surface area contributed by atoms with Gasteiger partial charge in [-0.05, 0) is 43.9 Å². The van der Waals surface area contributed by atoms with E-state index in [2.05, 4.69) is 35.0 Å². The molecule has 18 heavy (non-hydrogen) atoms. The average molecular weight is 240 g/mol. The van der Waals surface area contributed by atoms with Crippen molar-refractivity contribution in [3.8, 4) is 0 Å². The highest BCUT2D eigenvalue weighted by Gasteiger charge is 2.26. The number of hydrogen-bond acceptors (Lipinski definition) is 1. The van der Waals surface area contributed by atoms with Crippen LogP contribution in [0.1, 0.15) is 35.6 Å². The molecule has 0 saturated carbocycles. The van der Waals surface area contributed by atoms with Crippen LogP contribution in [0.5, 0.6) is 0 Å². The van der Waals surface area contributed by atoms with Crippen molar-refractivity contribution in [1.82, 2.24) is 9.88 Å². The summed E-state index contributed by atoms with van der Waals surface area (Å²) in [6.07, 6.45) is 3.85. The van der Waals surface area contributed by atoms with E-state index in [0.717, 1.165) is 12.5 Å². The van der Waals surface area contributed by atoms with Gasteiger partial charge in [-0.3, -0.25) is 0 Å². The first-order chi connectivity index (χ1) is 8.86. The van der Waals surface area contributed by atoms with Crippen LogP contribution in [-0.2, 0) is 13.0 Å². The predicted octanol–water partition coefficient (Wildman–Crippen LogP) is 2.97. The molecular weight excluding hydrogens is 220 g/mol. The van der Waals surface area contributed by atoms with Crippen molar-refractivity contribution in [3.63, 3.8) is 0 Å². The highest BCUT2D eigenvalue weighted by atomic mass is 15.0. The number of nitrogens with zero attached hydrogens (tertiary/aromatic N) is 1. The number of aryl methyl sites for hydroxylation is 3. The molecule has 4 rings (SSSR count). The zero-order chi connectivity index (χ0) is 12.1. The van der Waals surface area contributed by atoms with Crippen molar-refractivity contribution >= 4 is 10.9 Å². The summed E-state index contributed by atoms with van der Waals surface area (Å²) in [7, 11) is 0. The smallest absolute Gasteiger partial charge is 0.0517 e. The maximum Gasteiger partial charge on any atom is 0.0517 e. The number of nitrogens with one attached hydrogen (secondary N) is 1. The summed E-state index contributed by atoms with van der Waals surface area (Å²) in [6.45, 7) is 5.87. The molecule has 3 heterocycles. The molecule has 1 aromatic carbocycles. The van der Waals surface area contributed by atoms with Gasteiger partial charge in [-0.2, -0.15) is 0 Å². The second-order valence-electron chi connectivity index (χ2n) is 5.77. The zero-order valence-electron chi connectivity index (χ0n) is 11.0. The molecular formula is C16H20N2. The van der Waals surface area contributed by atoms with Gasteiger partial charge in [0.25, 0.3) is 0 Å². The summed E-state index contributed by atoms with van der Waals surface area (Å²) in [4.78, 5) is 0. The molecule has 0 amide bonds. The van der Waals surface area contributed by atoms with Crippen molar-refractivity contribution in [3.05, 3.63) is 35.0 Å². The quantitative estimate of drug-likeness (QED) is 0.811. The van der Waals surface area contributed by atoms with Crippen LogP contribution in [0.2, 0.25) is 0 Å². The first kappa shape index (κ1) is 10.6. The Morgan fingerprint density at radius 1 is 1.33 bits per heavy atom.